The van der Waals surface area contributed by atoms with Gasteiger partial charge in [-0.15, -0.1) is 0 Å². The number of hydrogen-bond donors (Lipinski definition) is 0. The minimum atomic E-state index is 2.00. The van der Waals surface area contributed by atoms with E-state index in [0.29, 0.717) is 0 Å². The Bertz CT molecular complexity index is 19.2. The molecule has 0 nitrogen and oxygen atoms in total. The molecule has 0 saturated heterocycles. The van der Waals surface area contributed by atoms with Crippen LogP contribution in [0.3, 0.4) is 0 Å². The number of hydrogen-bond acceptors (Lipinski definition) is 0. The third kappa shape index (κ3) is 2.83. The molecule has 0 atom stereocenters. The molecule has 0 unspecified atom stereocenters. The zero-order valence-corrected chi connectivity index (χ0v) is 6.35. The van der Waals surface area contributed by atoms with Gasteiger partial charge in [0.25, 0.3) is 0 Å². The Morgan fingerprint density at radius 3 is 1.25 bits per heavy atom. The van der Waals surface area contributed by atoms with Crippen LogP contribution >= 0.6 is 0 Å². The van der Waals surface area contributed by atoms with Crippen LogP contribution < -0.4 is 0 Å². The van der Waals surface area contributed by atoms with Gasteiger partial charge < -0.3 is 0 Å². The van der Waals surface area contributed by atoms with Crippen molar-refractivity contribution in [1.29, 1.82) is 0 Å². The van der Waals surface area contributed by atoms with Crippen molar-refractivity contribution < 1.29 is 0 Å². The molecule has 0 aromatic heterocycles. The summed E-state index contributed by atoms with van der Waals surface area (Å²) in [5.41, 5.74) is 0. The average Bonchev–Trinajstić information content (AvgIpc) is 1.37. The maximum atomic E-state index is 2.00. The predicted octanol–water partition coefficient (Wildman–Crippen LogP) is -0.205. The molecule has 0 aromatic carbocycles. The summed E-state index contributed by atoms with van der Waals surface area (Å²) in [6.45, 7) is 0. The van der Waals surface area contributed by atoms with Crippen LogP contribution in [0.25, 0.3) is 0 Å². The van der Waals surface area contributed by atoms with Crippen molar-refractivity contribution >= 4 is 33.0 Å². The van der Waals surface area contributed by atoms with Crippen molar-refractivity contribution in [2.75, 3.05) is 0 Å². The van der Waals surface area contributed by atoms with Crippen LogP contribution in [0.1, 0.15) is 0 Å². The molecule has 0 heterocycles. The summed E-state index contributed by atoms with van der Waals surface area (Å²) in [6.07, 6.45) is 0. The maximum absolute atomic E-state index is 2.00. The SMILES string of the molecule is [Ge][CH]=[CH][Ge]. The molecule has 0 fully saturated rings. The summed E-state index contributed by atoms with van der Waals surface area (Å²) in [4.78, 5) is 4.00. The van der Waals surface area contributed by atoms with Gasteiger partial charge in [-0.25, -0.2) is 0 Å². The van der Waals surface area contributed by atoms with E-state index in [0.717, 1.165) is 0 Å². The molecule has 0 N–H and O–H groups in total. The van der Waals surface area contributed by atoms with Gasteiger partial charge in [0, 0.05) is 0 Å². The van der Waals surface area contributed by atoms with Crippen LogP contribution in [0, 0.1) is 0 Å². The van der Waals surface area contributed by atoms with Crippen molar-refractivity contribution in [3.8, 4) is 0 Å². The van der Waals surface area contributed by atoms with Crippen LogP contribution in [0.2, 0.25) is 0 Å². The fourth-order valence-electron chi connectivity index (χ4n) is 0. The van der Waals surface area contributed by atoms with E-state index < -0.39 is 0 Å². The van der Waals surface area contributed by atoms with Crippen LogP contribution in [-0.2, 0) is 0 Å². The van der Waals surface area contributed by atoms with E-state index in [2.05, 4.69) is 0 Å². The molecule has 0 saturated carbocycles. The van der Waals surface area contributed by atoms with E-state index >= 15 is 0 Å². The van der Waals surface area contributed by atoms with Crippen molar-refractivity contribution in [3.63, 3.8) is 0 Å². The van der Waals surface area contributed by atoms with Crippen LogP contribution in [0.4, 0.5) is 0 Å². The Hall–Kier alpha value is 0.826. The topological polar surface area (TPSA) is 0 Å². The Labute approximate surface area is 43.1 Å². The van der Waals surface area contributed by atoms with Gasteiger partial charge in [0.2, 0.25) is 0 Å². The van der Waals surface area contributed by atoms with E-state index in [1.165, 1.54) is 0 Å². The van der Waals surface area contributed by atoms with Gasteiger partial charge in [-0.2, -0.15) is 0 Å². The fourth-order valence-corrected chi connectivity index (χ4v) is 0. The predicted molar refractivity (Wildman–Crippen MR) is 20.6 cm³/mol. The molecule has 0 amide bonds. The molecule has 6 radical (unpaired) electrons. The zero-order chi connectivity index (χ0) is 3.41. The first kappa shape index (κ1) is 4.83. The molecule has 0 spiro atoms. The van der Waals surface area contributed by atoms with Gasteiger partial charge >= 0.3 is 42.8 Å². The molecule has 0 bridgehead atoms. The van der Waals surface area contributed by atoms with E-state index in [9.17, 15) is 0 Å². The molecule has 4 heavy (non-hydrogen) atoms. The molecule has 18 valence electrons. The first-order valence-electron chi connectivity index (χ1n) is 0.911. The van der Waals surface area contributed by atoms with Gasteiger partial charge in [0.05, 0.1) is 0 Å². The molecule has 0 rings (SSSR count). The summed E-state index contributed by atoms with van der Waals surface area (Å²) in [5, 5.41) is 0. The molecule has 0 aliphatic rings. The van der Waals surface area contributed by atoms with Crippen molar-refractivity contribution in [1.82, 2.24) is 0 Å². The summed E-state index contributed by atoms with van der Waals surface area (Å²) in [5.74, 6) is 0. The van der Waals surface area contributed by atoms with E-state index in [1.807, 2.05) is 42.8 Å². The Kier molecular flexibility index (Phi) is 4.62. The first-order valence-corrected chi connectivity index (χ1v) is 3.33. The third-order valence-electron chi connectivity index (χ3n) is 0.0833. The summed E-state index contributed by atoms with van der Waals surface area (Å²) < 4.78 is 0. The normalized spacial score (nSPS) is 9.50. The minimum absolute atomic E-state index is 2.00. The Morgan fingerprint density at radius 2 is 1.25 bits per heavy atom. The Morgan fingerprint density at radius 1 is 1.00 bits per heavy atom. The standard InChI is InChI=1S/C2H2Ge2/c3-1-2-4/h1-2H. The molecule has 0 aliphatic heterocycles. The second-order valence-electron chi connectivity index (χ2n) is 0.333. The van der Waals surface area contributed by atoms with Gasteiger partial charge in [0.1, 0.15) is 0 Å². The van der Waals surface area contributed by atoms with E-state index in [-0.39, 0.29) is 0 Å². The monoisotopic (exact) mass is 174 g/mol. The molecule has 0 aromatic rings. The van der Waals surface area contributed by atoms with E-state index in [1.54, 1.807) is 0 Å². The van der Waals surface area contributed by atoms with Crippen molar-refractivity contribution in [2.24, 2.45) is 0 Å². The molecular formula is C2H2Ge2. The van der Waals surface area contributed by atoms with Gasteiger partial charge in [-0.1, -0.05) is 0 Å². The van der Waals surface area contributed by atoms with Gasteiger partial charge in [-0.3, -0.25) is 0 Å². The average molecular weight is 171 g/mol. The second kappa shape index (κ2) is 3.83. The summed E-state index contributed by atoms with van der Waals surface area (Å²) in [6, 6.07) is 0. The zero-order valence-electron chi connectivity index (χ0n) is 2.15. The van der Waals surface area contributed by atoms with Gasteiger partial charge in [-0.05, 0) is 0 Å². The van der Waals surface area contributed by atoms with Crippen molar-refractivity contribution in [2.45, 2.75) is 0 Å². The quantitative estimate of drug-likeness (QED) is 0.443. The third-order valence-corrected chi connectivity index (χ3v) is 2.25. The molecule has 2 heteroatoms. The van der Waals surface area contributed by atoms with Crippen LogP contribution in [0.15, 0.2) is 9.82 Å². The molecule has 0 aliphatic carbocycles. The van der Waals surface area contributed by atoms with Crippen LogP contribution in [0.5, 0.6) is 0 Å². The van der Waals surface area contributed by atoms with Crippen LogP contribution in [-0.4, -0.2) is 33.0 Å². The molecular weight excluding hydrogens is 169 g/mol. The second-order valence-corrected chi connectivity index (χ2v) is 1.73. The number of rotatable bonds is 0. The van der Waals surface area contributed by atoms with E-state index in [4.69, 9.17) is 0 Å². The Balaban J connectivity index is 2.55. The summed E-state index contributed by atoms with van der Waals surface area (Å²) >= 11 is 4.00. The fraction of sp³-hybridized carbons (Fsp3) is 0. The first-order chi connectivity index (χ1) is 1.91. The van der Waals surface area contributed by atoms with Gasteiger partial charge in [0.15, 0.2) is 0 Å². The van der Waals surface area contributed by atoms with Crippen molar-refractivity contribution in [3.05, 3.63) is 9.82 Å². The summed E-state index contributed by atoms with van der Waals surface area (Å²) in [7, 11) is 0.